The molecule has 2 aromatic rings. The molecule has 3 rings (SSSR count). The molecule has 0 radical (unpaired) electrons. The molecule has 2 atom stereocenters. The fourth-order valence-corrected chi connectivity index (χ4v) is 3.60. The summed E-state index contributed by atoms with van der Waals surface area (Å²) in [5, 5.41) is 0. The van der Waals surface area contributed by atoms with Crippen molar-refractivity contribution in [3.05, 3.63) is 58.9 Å². The maximum atomic E-state index is 14.7. The zero-order chi connectivity index (χ0) is 20.1. The summed E-state index contributed by atoms with van der Waals surface area (Å²) in [6.45, 7) is 4.82. The van der Waals surface area contributed by atoms with E-state index in [4.69, 9.17) is 9.47 Å². The zero-order valence-corrected chi connectivity index (χ0v) is 16.4. The third-order valence-corrected chi connectivity index (χ3v) is 5.25. The Kier molecular flexibility index (Phi) is 7.13. The molecule has 0 spiro atoms. The minimum atomic E-state index is -1.02. The van der Waals surface area contributed by atoms with E-state index >= 15 is 0 Å². The van der Waals surface area contributed by atoms with Gasteiger partial charge in [-0.1, -0.05) is 44.0 Å². The lowest BCUT2D eigenvalue weighted by Crippen LogP contribution is -2.28. The average molecular weight is 392 g/mol. The van der Waals surface area contributed by atoms with E-state index in [9.17, 15) is 13.2 Å². The normalized spacial score (nSPS) is 19.8. The van der Waals surface area contributed by atoms with E-state index in [-0.39, 0.29) is 35.5 Å². The molecule has 1 fully saturated rings. The van der Waals surface area contributed by atoms with Crippen molar-refractivity contribution in [2.75, 3.05) is 13.2 Å². The second kappa shape index (κ2) is 9.57. The van der Waals surface area contributed by atoms with Crippen LogP contribution >= 0.6 is 0 Å². The van der Waals surface area contributed by atoms with Gasteiger partial charge in [0, 0.05) is 23.7 Å². The van der Waals surface area contributed by atoms with Gasteiger partial charge in [-0.2, -0.15) is 0 Å². The van der Waals surface area contributed by atoms with Crippen molar-refractivity contribution in [2.45, 2.75) is 58.2 Å². The monoisotopic (exact) mass is 392 g/mol. The van der Waals surface area contributed by atoms with Gasteiger partial charge in [-0.05, 0) is 43.4 Å². The molecule has 1 aliphatic rings. The summed E-state index contributed by atoms with van der Waals surface area (Å²) in [7, 11) is 0. The number of halogens is 3. The highest BCUT2D eigenvalue weighted by molar-refractivity contribution is 5.66. The Morgan fingerprint density at radius 2 is 1.79 bits per heavy atom. The lowest BCUT2D eigenvalue weighted by Gasteiger charge is -2.29. The summed E-state index contributed by atoms with van der Waals surface area (Å²) in [6, 6.07) is 7.47. The largest absolute Gasteiger partial charge is 0.353 e. The number of benzene rings is 2. The SMILES string of the molecule is CCCCCOC1CCC(c2ccc(-c3ccc(C)cc3F)c(F)c2F)CO1. The zero-order valence-electron chi connectivity index (χ0n) is 16.4. The highest BCUT2D eigenvalue weighted by atomic mass is 19.2. The molecule has 1 heterocycles. The van der Waals surface area contributed by atoms with Crippen molar-refractivity contribution in [1.82, 2.24) is 0 Å². The summed E-state index contributed by atoms with van der Waals surface area (Å²) in [6.07, 6.45) is 4.27. The van der Waals surface area contributed by atoms with Gasteiger partial charge >= 0.3 is 0 Å². The van der Waals surface area contributed by atoms with Crippen molar-refractivity contribution in [1.29, 1.82) is 0 Å². The van der Waals surface area contributed by atoms with Crippen LogP contribution in [0.15, 0.2) is 30.3 Å². The first-order valence-electron chi connectivity index (χ1n) is 9.98. The van der Waals surface area contributed by atoms with E-state index < -0.39 is 17.5 Å². The number of hydrogen-bond donors (Lipinski definition) is 0. The van der Waals surface area contributed by atoms with Gasteiger partial charge in [0.1, 0.15) is 5.82 Å². The fraction of sp³-hybridized carbons (Fsp3) is 0.478. The van der Waals surface area contributed by atoms with Gasteiger partial charge in [0.15, 0.2) is 17.9 Å². The molecule has 0 aliphatic carbocycles. The Bertz CT molecular complexity index is 799. The van der Waals surface area contributed by atoms with E-state index in [0.29, 0.717) is 19.4 Å². The number of hydrogen-bond acceptors (Lipinski definition) is 2. The second-order valence-electron chi connectivity index (χ2n) is 7.43. The molecular weight excluding hydrogens is 365 g/mol. The van der Waals surface area contributed by atoms with Gasteiger partial charge in [-0.15, -0.1) is 0 Å². The topological polar surface area (TPSA) is 18.5 Å². The van der Waals surface area contributed by atoms with Crippen LogP contribution in [0.25, 0.3) is 11.1 Å². The lowest BCUT2D eigenvalue weighted by molar-refractivity contribution is -0.168. The molecule has 2 nitrogen and oxygen atoms in total. The van der Waals surface area contributed by atoms with Crippen LogP contribution in [0.1, 0.15) is 56.1 Å². The molecule has 0 N–H and O–H groups in total. The third kappa shape index (κ3) is 4.76. The van der Waals surface area contributed by atoms with Crippen LogP contribution in [0.5, 0.6) is 0 Å². The summed E-state index contributed by atoms with van der Waals surface area (Å²) in [4.78, 5) is 0. The van der Waals surface area contributed by atoms with Crippen LogP contribution in [0.3, 0.4) is 0 Å². The minimum Gasteiger partial charge on any atom is -0.353 e. The van der Waals surface area contributed by atoms with Crippen molar-refractivity contribution in [3.8, 4) is 11.1 Å². The molecular formula is C23H27F3O2. The highest BCUT2D eigenvalue weighted by Gasteiger charge is 2.27. The molecule has 5 heteroatoms. The molecule has 2 unspecified atom stereocenters. The van der Waals surface area contributed by atoms with E-state index in [1.807, 2.05) is 0 Å². The Labute approximate surface area is 164 Å². The van der Waals surface area contributed by atoms with Crippen molar-refractivity contribution >= 4 is 0 Å². The molecule has 1 saturated heterocycles. The van der Waals surface area contributed by atoms with Crippen molar-refractivity contribution < 1.29 is 22.6 Å². The number of ether oxygens (including phenoxy) is 2. The molecule has 28 heavy (non-hydrogen) atoms. The first-order valence-corrected chi connectivity index (χ1v) is 9.98. The summed E-state index contributed by atoms with van der Waals surface area (Å²) < 4.78 is 55.0. The Morgan fingerprint density at radius 1 is 1.00 bits per heavy atom. The number of unbranched alkanes of at least 4 members (excludes halogenated alkanes) is 2. The van der Waals surface area contributed by atoms with E-state index in [1.54, 1.807) is 19.1 Å². The van der Waals surface area contributed by atoms with E-state index in [0.717, 1.165) is 24.8 Å². The van der Waals surface area contributed by atoms with Crippen LogP contribution in [0.4, 0.5) is 13.2 Å². The molecule has 0 aromatic heterocycles. The number of aryl methyl sites for hydroxylation is 1. The number of rotatable bonds is 7. The molecule has 1 aliphatic heterocycles. The van der Waals surface area contributed by atoms with Crippen LogP contribution in [0.2, 0.25) is 0 Å². The smallest absolute Gasteiger partial charge is 0.167 e. The quantitative estimate of drug-likeness (QED) is 0.500. The predicted octanol–water partition coefficient (Wildman–Crippen LogP) is 6.51. The van der Waals surface area contributed by atoms with Gasteiger partial charge in [-0.3, -0.25) is 0 Å². The van der Waals surface area contributed by atoms with Crippen molar-refractivity contribution in [3.63, 3.8) is 0 Å². The molecule has 2 aromatic carbocycles. The second-order valence-corrected chi connectivity index (χ2v) is 7.43. The Balaban J connectivity index is 1.68. The van der Waals surface area contributed by atoms with Gasteiger partial charge in [0.05, 0.1) is 6.61 Å². The highest BCUT2D eigenvalue weighted by Crippen LogP contribution is 2.35. The van der Waals surface area contributed by atoms with Gasteiger partial charge in [0.2, 0.25) is 0 Å². The molecule has 0 saturated carbocycles. The predicted molar refractivity (Wildman–Crippen MR) is 104 cm³/mol. The third-order valence-electron chi connectivity index (χ3n) is 5.25. The van der Waals surface area contributed by atoms with Crippen molar-refractivity contribution in [2.24, 2.45) is 0 Å². The molecule has 0 bridgehead atoms. The van der Waals surface area contributed by atoms with Crippen LogP contribution < -0.4 is 0 Å². The summed E-state index contributed by atoms with van der Waals surface area (Å²) >= 11 is 0. The first kappa shape index (κ1) is 20.9. The Morgan fingerprint density at radius 3 is 2.46 bits per heavy atom. The van der Waals surface area contributed by atoms with E-state index in [1.165, 1.54) is 18.2 Å². The lowest BCUT2D eigenvalue weighted by atomic mass is 9.90. The van der Waals surface area contributed by atoms with Crippen LogP contribution in [-0.2, 0) is 9.47 Å². The maximum absolute atomic E-state index is 14.7. The van der Waals surface area contributed by atoms with Gasteiger partial charge in [0.25, 0.3) is 0 Å². The van der Waals surface area contributed by atoms with Crippen LogP contribution in [-0.4, -0.2) is 19.5 Å². The van der Waals surface area contributed by atoms with E-state index in [2.05, 4.69) is 6.92 Å². The molecule has 0 amide bonds. The minimum absolute atomic E-state index is 0.0624. The Hall–Kier alpha value is -1.85. The van der Waals surface area contributed by atoms with Gasteiger partial charge in [-0.25, -0.2) is 13.2 Å². The molecule has 152 valence electrons. The maximum Gasteiger partial charge on any atom is 0.167 e. The average Bonchev–Trinajstić information content (AvgIpc) is 2.69. The standard InChI is InChI=1S/C23H27F3O2/c1-3-4-5-12-27-21-11-7-16(14-28-21)17-9-10-19(23(26)22(17)25)18-8-6-15(2)13-20(18)24/h6,8-10,13,16,21H,3-5,7,11-12,14H2,1-2H3. The van der Waals surface area contributed by atoms with Crippen LogP contribution in [0, 0.1) is 24.4 Å². The first-order chi connectivity index (χ1) is 13.5. The van der Waals surface area contributed by atoms with Gasteiger partial charge < -0.3 is 9.47 Å². The summed E-state index contributed by atoms with van der Waals surface area (Å²) in [5.41, 5.74) is 1.00. The fourth-order valence-electron chi connectivity index (χ4n) is 3.60. The summed E-state index contributed by atoms with van der Waals surface area (Å²) in [5.74, 6) is -2.73.